The first-order valence-electron chi connectivity index (χ1n) is 8.97. The smallest absolute Gasteiger partial charge is 0.258 e. The number of aromatic nitrogens is 2. The molecule has 4 nitrogen and oxygen atoms in total. The van der Waals surface area contributed by atoms with Crippen molar-refractivity contribution in [3.63, 3.8) is 0 Å². The Morgan fingerprint density at radius 2 is 1.57 bits per heavy atom. The second-order valence-corrected chi connectivity index (χ2v) is 7.39. The molecule has 0 aliphatic rings. The van der Waals surface area contributed by atoms with Crippen LogP contribution in [-0.4, -0.2) is 15.7 Å². The van der Waals surface area contributed by atoms with Crippen molar-refractivity contribution in [1.82, 2.24) is 9.78 Å². The second kappa shape index (κ2) is 8.59. The van der Waals surface area contributed by atoms with Crippen LogP contribution in [0.1, 0.15) is 15.9 Å². The molecule has 4 rings (SSSR count). The predicted octanol–water partition coefficient (Wildman–Crippen LogP) is 5.33. The topological polar surface area (TPSA) is 46.9 Å². The first-order valence-corrected chi connectivity index (χ1v) is 9.79. The summed E-state index contributed by atoms with van der Waals surface area (Å²) in [7, 11) is 0. The summed E-state index contributed by atoms with van der Waals surface area (Å²) >= 11 is 1.62. The van der Waals surface area contributed by atoms with Crippen LogP contribution in [0.25, 0.3) is 0 Å². The number of anilines is 1. The Balaban J connectivity index is 1.47. The number of amides is 1. The van der Waals surface area contributed by atoms with Crippen molar-refractivity contribution in [2.75, 3.05) is 5.32 Å². The van der Waals surface area contributed by atoms with E-state index in [9.17, 15) is 4.79 Å². The van der Waals surface area contributed by atoms with Crippen molar-refractivity contribution in [2.24, 2.45) is 0 Å². The molecule has 0 spiro atoms. The zero-order valence-electron chi connectivity index (χ0n) is 15.2. The molecule has 4 aromatic rings. The third kappa shape index (κ3) is 4.50. The zero-order chi connectivity index (χ0) is 19.2. The minimum Gasteiger partial charge on any atom is -0.321 e. The Kier molecular flexibility index (Phi) is 5.54. The molecule has 0 fully saturated rings. The number of rotatable bonds is 6. The fourth-order valence-electron chi connectivity index (χ4n) is 2.81. The van der Waals surface area contributed by atoms with E-state index in [1.165, 1.54) is 0 Å². The molecule has 5 heteroatoms. The van der Waals surface area contributed by atoms with Crippen LogP contribution in [0.4, 0.5) is 5.69 Å². The zero-order valence-corrected chi connectivity index (χ0v) is 16.0. The van der Waals surface area contributed by atoms with Gasteiger partial charge >= 0.3 is 0 Å². The Bertz CT molecular complexity index is 1060. The fraction of sp³-hybridized carbons (Fsp3) is 0.0435. The predicted molar refractivity (Wildman–Crippen MR) is 113 cm³/mol. The molecule has 0 aliphatic carbocycles. The van der Waals surface area contributed by atoms with Gasteiger partial charge in [0, 0.05) is 16.0 Å². The van der Waals surface area contributed by atoms with E-state index in [-0.39, 0.29) is 5.91 Å². The Labute approximate surface area is 168 Å². The van der Waals surface area contributed by atoms with E-state index in [1.807, 2.05) is 72.8 Å². The van der Waals surface area contributed by atoms with E-state index < -0.39 is 0 Å². The van der Waals surface area contributed by atoms with E-state index in [0.29, 0.717) is 12.1 Å². The number of nitrogens with zero attached hydrogens (tertiary/aromatic N) is 2. The van der Waals surface area contributed by atoms with Crippen molar-refractivity contribution in [3.05, 3.63) is 108 Å². The van der Waals surface area contributed by atoms with Crippen molar-refractivity contribution >= 4 is 23.4 Å². The molecular formula is C23H19N3OS. The standard InChI is InChI=1S/C23H19N3OS/c27-23(19-15-24-26(17-19)16-18-9-3-1-4-10-18)25-21-13-7-8-14-22(21)28-20-11-5-2-6-12-20/h1-15,17H,16H2,(H,25,27). The number of hydrogen-bond acceptors (Lipinski definition) is 3. The Morgan fingerprint density at radius 1 is 0.893 bits per heavy atom. The maximum Gasteiger partial charge on any atom is 0.258 e. The van der Waals surface area contributed by atoms with Gasteiger partial charge in [-0.3, -0.25) is 9.48 Å². The number of carbonyl (C=O) groups excluding carboxylic acids is 1. The third-order valence-electron chi connectivity index (χ3n) is 4.19. The molecule has 1 aromatic heterocycles. The van der Waals surface area contributed by atoms with Crippen molar-refractivity contribution in [2.45, 2.75) is 16.3 Å². The highest BCUT2D eigenvalue weighted by molar-refractivity contribution is 7.99. The molecule has 1 N–H and O–H groups in total. The molecule has 3 aromatic carbocycles. The fourth-order valence-corrected chi connectivity index (χ4v) is 3.73. The summed E-state index contributed by atoms with van der Waals surface area (Å²) in [6.07, 6.45) is 3.38. The van der Waals surface area contributed by atoms with Crippen LogP contribution in [0.15, 0.2) is 107 Å². The van der Waals surface area contributed by atoms with Gasteiger partial charge in [0.25, 0.3) is 5.91 Å². The summed E-state index contributed by atoms with van der Waals surface area (Å²) in [4.78, 5) is 14.8. The van der Waals surface area contributed by atoms with Gasteiger partial charge in [-0.05, 0) is 29.8 Å². The molecule has 0 unspecified atom stereocenters. The van der Waals surface area contributed by atoms with Crippen LogP contribution in [-0.2, 0) is 6.54 Å². The molecule has 0 aliphatic heterocycles. The molecule has 0 atom stereocenters. The van der Waals surface area contributed by atoms with Gasteiger partial charge in [0.15, 0.2) is 0 Å². The van der Waals surface area contributed by atoms with E-state index in [2.05, 4.69) is 22.5 Å². The maximum absolute atomic E-state index is 12.7. The van der Waals surface area contributed by atoms with Crippen LogP contribution < -0.4 is 5.32 Å². The van der Waals surface area contributed by atoms with E-state index in [0.717, 1.165) is 21.0 Å². The van der Waals surface area contributed by atoms with Gasteiger partial charge in [-0.25, -0.2) is 0 Å². The van der Waals surface area contributed by atoms with E-state index in [4.69, 9.17) is 0 Å². The van der Waals surface area contributed by atoms with Crippen LogP contribution >= 0.6 is 11.8 Å². The normalized spacial score (nSPS) is 10.6. The summed E-state index contributed by atoms with van der Waals surface area (Å²) < 4.78 is 1.77. The lowest BCUT2D eigenvalue weighted by atomic mass is 10.2. The minimum atomic E-state index is -0.166. The molecule has 28 heavy (non-hydrogen) atoms. The first-order chi connectivity index (χ1) is 13.8. The summed E-state index contributed by atoms with van der Waals surface area (Å²) in [5, 5.41) is 7.33. The van der Waals surface area contributed by atoms with Crippen molar-refractivity contribution in [1.29, 1.82) is 0 Å². The van der Waals surface area contributed by atoms with Gasteiger partial charge in [-0.2, -0.15) is 5.10 Å². The number of carbonyl (C=O) groups is 1. The summed E-state index contributed by atoms with van der Waals surface area (Å²) in [5.74, 6) is -0.166. The molecule has 0 bridgehead atoms. The average molecular weight is 385 g/mol. The summed E-state index contributed by atoms with van der Waals surface area (Å²) in [6, 6.07) is 28.0. The van der Waals surface area contributed by atoms with Crippen molar-refractivity contribution < 1.29 is 4.79 Å². The second-order valence-electron chi connectivity index (χ2n) is 6.28. The SMILES string of the molecule is O=C(Nc1ccccc1Sc1ccccc1)c1cnn(Cc2ccccc2)c1. The lowest BCUT2D eigenvalue weighted by molar-refractivity contribution is 0.102. The molecule has 1 heterocycles. The van der Waals surface area contributed by atoms with Crippen LogP contribution in [0.3, 0.4) is 0 Å². The number of hydrogen-bond donors (Lipinski definition) is 1. The van der Waals surface area contributed by atoms with Gasteiger partial charge in [0.1, 0.15) is 0 Å². The van der Waals surface area contributed by atoms with Crippen LogP contribution in [0.5, 0.6) is 0 Å². The van der Waals surface area contributed by atoms with Gasteiger partial charge in [-0.15, -0.1) is 0 Å². The lowest BCUT2D eigenvalue weighted by Crippen LogP contribution is -2.11. The van der Waals surface area contributed by atoms with Gasteiger partial charge in [0.05, 0.1) is 24.0 Å². The van der Waals surface area contributed by atoms with Crippen LogP contribution in [0.2, 0.25) is 0 Å². The highest BCUT2D eigenvalue weighted by Crippen LogP contribution is 2.33. The third-order valence-corrected chi connectivity index (χ3v) is 5.27. The molecular weight excluding hydrogens is 366 g/mol. The molecule has 0 saturated heterocycles. The largest absolute Gasteiger partial charge is 0.321 e. The van der Waals surface area contributed by atoms with Gasteiger partial charge in [0.2, 0.25) is 0 Å². The maximum atomic E-state index is 12.7. The number of para-hydroxylation sites is 1. The van der Waals surface area contributed by atoms with Gasteiger partial charge < -0.3 is 5.32 Å². The lowest BCUT2D eigenvalue weighted by Gasteiger charge is -2.10. The van der Waals surface area contributed by atoms with Gasteiger partial charge in [-0.1, -0.05) is 72.4 Å². The Hall–Kier alpha value is -3.31. The van der Waals surface area contributed by atoms with E-state index in [1.54, 1.807) is 28.8 Å². The highest BCUT2D eigenvalue weighted by atomic mass is 32.2. The van der Waals surface area contributed by atoms with Crippen LogP contribution in [0, 0.1) is 0 Å². The summed E-state index contributed by atoms with van der Waals surface area (Å²) in [5.41, 5.74) is 2.47. The molecule has 1 amide bonds. The number of nitrogens with one attached hydrogen (secondary N) is 1. The molecule has 138 valence electrons. The average Bonchev–Trinajstić information content (AvgIpc) is 3.20. The first kappa shape index (κ1) is 18.1. The summed E-state index contributed by atoms with van der Waals surface area (Å²) in [6.45, 7) is 0.633. The monoisotopic (exact) mass is 385 g/mol. The Morgan fingerprint density at radius 3 is 2.36 bits per heavy atom. The van der Waals surface area contributed by atoms with E-state index >= 15 is 0 Å². The molecule has 0 saturated carbocycles. The van der Waals surface area contributed by atoms with Crippen molar-refractivity contribution in [3.8, 4) is 0 Å². The minimum absolute atomic E-state index is 0.166. The molecule has 0 radical (unpaired) electrons. The quantitative estimate of drug-likeness (QED) is 0.488. The number of benzene rings is 3. The highest BCUT2D eigenvalue weighted by Gasteiger charge is 2.12.